The number of benzene rings is 2. The summed E-state index contributed by atoms with van der Waals surface area (Å²) in [5.74, 6) is 0.612. The molecule has 0 aromatic heterocycles. The third kappa shape index (κ3) is 5.70. The molecule has 2 aromatic rings. The Morgan fingerprint density at radius 2 is 1.84 bits per heavy atom. The molecule has 0 unspecified atom stereocenters. The van der Waals surface area contributed by atoms with Gasteiger partial charge in [0, 0.05) is 38.9 Å². The number of piperazine rings is 1. The highest BCUT2D eigenvalue weighted by Gasteiger charge is 2.19. The minimum absolute atomic E-state index is 0.0525. The van der Waals surface area contributed by atoms with E-state index in [2.05, 4.69) is 5.32 Å². The molecule has 1 N–H and O–H groups in total. The van der Waals surface area contributed by atoms with E-state index in [4.69, 9.17) is 9.47 Å². The van der Waals surface area contributed by atoms with Crippen LogP contribution in [-0.4, -0.2) is 57.8 Å². The number of carbonyl (C=O) groups excluding carboxylic acids is 1. The van der Waals surface area contributed by atoms with Gasteiger partial charge in [0.15, 0.2) is 11.5 Å². The molecule has 1 aliphatic heterocycles. The van der Waals surface area contributed by atoms with Gasteiger partial charge in [0.25, 0.3) is 5.91 Å². The monoisotopic (exact) mass is 438 g/mol. The molecule has 0 spiro atoms. The van der Waals surface area contributed by atoms with Crippen LogP contribution in [0.4, 0.5) is 10.1 Å². The van der Waals surface area contributed by atoms with E-state index in [1.165, 1.54) is 6.07 Å². The number of amides is 1. The molecule has 0 bridgehead atoms. The fourth-order valence-electron chi connectivity index (χ4n) is 3.57. The second kappa shape index (κ2) is 11.0. The summed E-state index contributed by atoms with van der Waals surface area (Å²) in [5.41, 5.74) is 1.61. The normalized spacial score (nSPS) is 14.0. The Kier molecular flexibility index (Phi) is 7.92. The van der Waals surface area contributed by atoms with E-state index in [0.717, 1.165) is 5.56 Å². The van der Waals surface area contributed by atoms with Crippen molar-refractivity contribution in [1.29, 1.82) is 5.26 Å². The molecule has 32 heavy (non-hydrogen) atoms. The van der Waals surface area contributed by atoms with E-state index in [1.807, 2.05) is 40.1 Å². The van der Waals surface area contributed by atoms with Crippen LogP contribution >= 0.6 is 0 Å². The van der Waals surface area contributed by atoms with Crippen molar-refractivity contribution in [3.8, 4) is 17.6 Å². The summed E-state index contributed by atoms with van der Waals surface area (Å²) in [6, 6.07) is 14.2. The van der Waals surface area contributed by atoms with Crippen molar-refractivity contribution in [2.45, 2.75) is 6.42 Å². The molecule has 7 nitrogen and oxygen atoms in total. The molecule has 0 atom stereocenters. The first-order valence-electron chi connectivity index (χ1n) is 10.4. The summed E-state index contributed by atoms with van der Waals surface area (Å²) in [6.07, 6.45) is 2.18. The van der Waals surface area contributed by atoms with Crippen molar-refractivity contribution in [3.05, 3.63) is 65.6 Å². The first-order valence-corrected chi connectivity index (χ1v) is 10.4. The average molecular weight is 439 g/mol. The van der Waals surface area contributed by atoms with Crippen LogP contribution in [0.2, 0.25) is 0 Å². The van der Waals surface area contributed by atoms with E-state index in [0.29, 0.717) is 56.3 Å². The highest BCUT2D eigenvalue weighted by atomic mass is 19.1. The molecule has 2 aromatic carbocycles. The van der Waals surface area contributed by atoms with Gasteiger partial charge in [-0.3, -0.25) is 4.79 Å². The number of nitrogens with zero attached hydrogens (tertiary/aromatic N) is 3. The largest absolute Gasteiger partial charge is 0.493 e. The quantitative estimate of drug-likeness (QED) is 0.505. The Balaban J connectivity index is 1.51. The third-order valence-corrected chi connectivity index (χ3v) is 5.33. The summed E-state index contributed by atoms with van der Waals surface area (Å²) in [4.78, 5) is 16.3. The number of nitrogens with one attached hydrogen (secondary N) is 1. The molecule has 168 valence electrons. The van der Waals surface area contributed by atoms with Gasteiger partial charge >= 0.3 is 0 Å². The highest BCUT2D eigenvalue weighted by molar-refractivity contribution is 5.97. The second-order valence-electron chi connectivity index (χ2n) is 7.32. The summed E-state index contributed by atoms with van der Waals surface area (Å²) in [5, 5.41) is 12.2. The van der Waals surface area contributed by atoms with Crippen molar-refractivity contribution in [1.82, 2.24) is 10.2 Å². The summed E-state index contributed by atoms with van der Waals surface area (Å²) in [7, 11) is 3.15. The van der Waals surface area contributed by atoms with Gasteiger partial charge in [-0.2, -0.15) is 5.26 Å². The van der Waals surface area contributed by atoms with Gasteiger partial charge in [-0.1, -0.05) is 18.2 Å². The zero-order chi connectivity index (χ0) is 22.9. The van der Waals surface area contributed by atoms with Crippen LogP contribution in [-0.2, 0) is 11.2 Å². The van der Waals surface area contributed by atoms with Gasteiger partial charge in [0.2, 0.25) is 0 Å². The minimum atomic E-state index is -0.412. The van der Waals surface area contributed by atoms with Crippen LogP contribution in [0.1, 0.15) is 5.56 Å². The number of anilines is 1. The molecule has 0 radical (unpaired) electrons. The highest BCUT2D eigenvalue weighted by Crippen LogP contribution is 2.27. The topological polar surface area (TPSA) is 77.8 Å². The number of hydrogen-bond donors (Lipinski definition) is 1. The lowest BCUT2D eigenvalue weighted by molar-refractivity contribution is -0.117. The van der Waals surface area contributed by atoms with E-state index < -0.39 is 5.91 Å². The van der Waals surface area contributed by atoms with Crippen LogP contribution in [0, 0.1) is 17.1 Å². The summed E-state index contributed by atoms with van der Waals surface area (Å²) >= 11 is 0. The van der Waals surface area contributed by atoms with Crippen molar-refractivity contribution in [3.63, 3.8) is 0 Å². The van der Waals surface area contributed by atoms with Crippen LogP contribution in [0.25, 0.3) is 0 Å². The molecular weight excluding hydrogens is 411 g/mol. The number of ether oxygens (including phenoxy) is 2. The number of nitriles is 1. The predicted octanol–water partition coefficient (Wildman–Crippen LogP) is 2.73. The van der Waals surface area contributed by atoms with Gasteiger partial charge in [-0.15, -0.1) is 0 Å². The summed E-state index contributed by atoms with van der Waals surface area (Å²) < 4.78 is 24.5. The zero-order valence-electron chi connectivity index (χ0n) is 18.3. The van der Waals surface area contributed by atoms with E-state index in [9.17, 15) is 14.4 Å². The molecule has 1 heterocycles. The van der Waals surface area contributed by atoms with Crippen LogP contribution in [0.3, 0.4) is 0 Å². The van der Waals surface area contributed by atoms with Crippen LogP contribution < -0.4 is 19.7 Å². The van der Waals surface area contributed by atoms with E-state index >= 15 is 0 Å². The minimum Gasteiger partial charge on any atom is -0.493 e. The van der Waals surface area contributed by atoms with Crippen LogP contribution in [0.5, 0.6) is 11.5 Å². The van der Waals surface area contributed by atoms with Crippen molar-refractivity contribution in [2.75, 3.05) is 51.8 Å². The van der Waals surface area contributed by atoms with Gasteiger partial charge in [-0.05, 0) is 36.2 Å². The molecule has 1 amide bonds. The fourth-order valence-corrected chi connectivity index (χ4v) is 3.57. The van der Waals surface area contributed by atoms with Gasteiger partial charge in [-0.25, -0.2) is 4.39 Å². The predicted molar refractivity (Wildman–Crippen MR) is 120 cm³/mol. The molecular formula is C24H27FN4O3. The molecule has 0 aliphatic carbocycles. The molecule has 0 saturated carbocycles. The maximum atomic E-state index is 14.0. The SMILES string of the molecule is COc1ccc(CCNC(=O)/C(C#N)=C\N2CCN(c3ccccc3F)CC2)cc1OC. The molecule has 1 fully saturated rings. The van der Waals surface area contributed by atoms with E-state index in [-0.39, 0.29) is 11.4 Å². The Hall–Kier alpha value is -3.73. The smallest absolute Gasteiger partial charge is 0.263 e. The van der Waals surface area contributed by atoms with Crippen molar-refractivity contribution >= 4 is 11.6 Å². The second-order valence-corrected chi connectivity index (χ2v) is 7.32. The molecule has 1 aliphatic rings. The van der Waals surface area contributed by atoms with Crippen molar-refractivity contribution in [2.24, 2.45) is 0 Å². The average Bonchev–Trinajstić information content (AvgIpc) is 2.83. The first kappa shape index (κ1) is 22.9. The number of halogens is 1. The molecule has 1 saturated heterocycles. The van der Waals surface area contributed by atoms with Crippen LogP contribution in [0.15, 0.2) is 54.2 Å². The number of carbonyl (C=O) groups is 1. The molecule has 3 rings (SSSR count). The van der Waals surface area contributed by atoms with Crippen molar-refractivity contribution < 1.29 is 18.7 Å². The third-order valence-electron chi connectivity index (χ3n) is 5.33. The fraction of sp³-hybridized carbons (Fsp3) is 0.333. The number of methoxy groups -OCH3 is 2. The number of hydrogen-bond acceptors (Lipinski definition) is 6. The zero-order valence-corrected chi connectivity index (χ0v) is 18.3. The van der Waals surface area contributed by atoms with Gasteiger partial charge in [0.05, 0.1) is 19.9 Å². The summed E-state index contributed by atoms with van der Waals surface area (Å²) in [6.45, 7) is 2.79. The molecule has 8 heteroatoms. The maximum absolute atomic E-state index is 14.0. The van der Waals surface area contributed by atoms with Gasteiger partial charge in [0.1, 0.15) is 17.5 Å². The Labute approximate surface area is 187 Å². The maximum Gasteiger partial charge on any atom is 0.263 e. The lowest BCUT2D eigenvalue weighted by atomic mass is 10.1. The number of para-hydroxylation sites is 1. The Bertz CT molecular complexity index is 1010. The van der Waals surface area contributed by atoms with E-state index in [1.54, 1.807) is 32.6 Å². The lowest BCUT2D eigenvalue weighted by Gasteiger charge is -2.35. The standard InChI is InChI=1S/C24H27FN4O3/c1-31-22-8-7-18(15-23(22)32-2)9-10-27-24(30)19(16-26)17-28-11-13-29(14-12-28)21-6-4-3-5-20(21)25/h3-8,15,17H,9-14H2,1-2H3,(H,27,30)/b19-17-. The first-order chi connectivity index (χ1) is 15.5. The Morgan fingerprint density at radius 3 is 2.50 bits per heavy atom. The lowest BCUT2D eigenvalue weighted by Crippen LogP contribution is -2.44. The Morgan fingerprint density at radius 1 is 1.12 bits per heavy atom. The van der Waals surface area contributed by atoms with Gasteiger partial charge < -0.3 is 24.6 Å². The number of rotatable bonds is 8.